The van der Waals surface area contributed by atoms with E-state index >= 15 is 0 Å². The van der Waals surface area contributed by atoms with Crippen LogP contribution >= 0.6 is 0 Å². The van der Waals surface area contributed by atoms with E-state index < -0.39 is 0 Å². The molecule has 0 bridgehead atoms. The fourth-order valence-corrected chi connectivity index (χ4v) is 13.6. The third kappa shape index (κ3) is 4.31. The summed E-state index contributed by atoms with van der Waals surface area (Å²) in [5, 5.41) is 11.1. The Balaban J connectivity index is 1.28. The van der Waals surface area contributed by atoms with E-state index in [-0.39, 0.29) is 39.7 Å². The Morgan fingerprint density at radius 3 is 2.16 bits per heavy atom. The number of fused-ring (bicyclic) bond motifs is 7. The zero-order valence-corrected chi connectivity index (χ0v) is 29.4. The van der Waals surface area contributed by atoms with Crippen LogP contribution in [0.5, 0.6) is 0 Å². The molecule has 6 saturated carbocycles. The maximum atomic E-state index is 13.6. The molecule has 0 aromatic heterocycles. The molecule has 0 saturated heterocycles. The van der Waals surface area contributed by atoms with E-state index in [1.54, 1.807) is 0 Å². The van der Waals surface area contributed by atoms with Gasteiger partial charge in [-0.1, -0.05) is 72.3 Å². The summed E-state index contributed by atoms with van der Waals surface area (Å²) in [6, 6.07) is 0. The van der Waals surface area contributed by atoms with Gasteiger partial charge in [0.25, 0.3) is 0 Å². The van der Waals surface area contributed by atoms with Gasteiger partial charge in [0.15, 0.2) is 0 Å². The molecule has 0 radical (unpaired) electrons. The number of allylic oxidation sites excluding steroid dienone is 3. The molecule has 0 aromatic rings. The van der Waals surface area contributed by atoms with Gasteiger partial charge in [-0.2, -0.15) is 0 Å². The van der Waals surface area contributed by atoms with Crippen molar-refractivity contribution in [3.8, 4) is 0 Å². The van der Waals surface area contributed by atoms with Crippen molar-refractivity contribution >= 4 is 5.97 Å². The second-order valence-electron chi connectivity index (χ2n) is 19.1. The molecule has 0 aromatic carbocycles. The first kappa shape index (κ1) is 31.9. The van der Waals surface area contributed by atoms with Gasteiger partial charge in [0, 0.05) is 5.41 Å². The zero-order valence-electron chi connectivity index (χ0n) is 29.4. The minimum absolute atomic E-state index is 0.00186. The molecule has 2 unspecified atom stereocenters. The summed E-state index contributed by atoms with van der Waals surface area (Å²) >= 11 is 0. The van der Waals surface area contributed by atoms with Gasteiger partial charge in [0.2, 0.25) is 0 Å². The number of rotatable bonds is 5. The van der Waals surface area contributed by atoms with Crippen molar-refractivity contribution < 1.29 is 14.6 Å². The molecule has 3 heteroatoms. The summed E-state index contributed by atoms with van der Waals surface area (Å²) in [4.78, 5) is 13.6. The third-order valence-corrected chi connectivity index (χ3v) is 16.4. The molecule has 0 amide bonds. The number of esters is 1. The number of hydrogen-bond donors (Lipinski definition) is 1. The fourth-order valence-electron chi connectivity index (χ4n) is 13.6. The van der Waals surface area contributed by atoms with Crippen LogP contribution in [-0.2, 0) is 9.53 Å². The van der Waals surface area contributed by atoms with Gasteiger partial charge >= 0.3 is 5.97 Å². The Bertz CT molecular complexity index is 1190. The second-order valence-corrected chi connectivity index (χ2v) is 19.1. The minimum atomic E-state index is -0.173. The van der Waals surface area contributed by atoms with Crippen LogP contribution in [0.1, 0.15) is 133 Å². The standard InChI is InChI=1S/C40H64O3/c1-24(2)22-28-33(35(28,5)6)34(42)43-23-40-19-14-26(25(3)4)32(40)27-12-13-30-37(9)17-16-31(41)36(7,8)29(37)15-18-39(30,11)38(27,10)20-21-40/h22,26-33,41H,3,12-21,23H2,1-2,4-11H3/t26-,27+,28?,29-,30+,31-,32+,33?,37-,38+,39+,40+/m0/s1. The van der Waals surface area contributed by atoms with Gasteiger partial charge in [-0.3, -0.25) is 4.79 Å². The normalized spacial score (nSPS) is 50.8. The molecule has 12 atom stereocenters. The predicted octanol–water partition coefficient (Wildman–Crippen LogP) is 9.79. The Labute approximate surface area is 264 Å². The van der Waals surface area contributed by atoms with E-state index in [0.717, 1.165) is 6.42 Å². The Kier molecular flexibility index (Phi) is 7.38. The van der Waals surface area contributed by atoms with Crippen LogP contribution in [0.3, 0.4) is 0 Å². The van der Waals surface area contributed by atoms with E-state index in [0.29, 0.717) is 52.9 Å². The summed E-state index contributed by atoms with van der Waals surface area (Å²) < 4.78 is 6.43. The molecule has 6 aliphatic rings. The highest BCUT2D eigenvalue weighted by Gasteiger charge is 2.71. The van der Waals surface area contributed by atoms with Crippen molar-refractivity contribution in [3.05, 3.63) is 23.8 Å². The highest BCUT2D eigenvalue weighted by atomic mass is 16.5. The molecule has 6 rings (SSSR count). The predicted molar refractivity (Wildman–Crippen MR) is 176 cm³/mol. The highest BCUT2D eigenvalue weighted by molar-refractivity contribution is 5.78. The fraction of sp³-hybridized carbons (Fsp3) is 0.875. The van der Waals surface area contributed by atoms with E-state index in [1.807, 2.05) is 0 Å². The van der Waals surface area contributed by atoms with Crippen LogP contribution < -0.4 is 0 Å². The van der Waals surface area contributed by atoms with Crippen LogP contribution in [0.15, 0.2) is 23.8 Å². The molecule has 0 aliphatic heterocycles. The lowest BCUT2D eigenvalue weighted by Gasteiger charge is -2.73. The molecule has 1 N–H and O–H groups in total. The molecule has 242 valence electrons. The van der Waals surface area contributed by atoms with Gasteiger partial charge in [-0.05, 0) is 148 Å². The highest BCUT2D eigenvalue weighted by Crippen LogP contribution is 2.77. The van der Waals surface area contributed by atoms with Crippen molar-refractivity contribution in [3.63, 3.8) is 0 Å². The monoisotopic (exact) mass is 592 g/mol. The Morgan fingerprint density at radius 1 is 0.814 bits per heavy atom. The summed E-state index contributed by atoms with van der Waals surface area (Å²) in [5.74, 6) is 3.40. The maximum Gasteiger partial charge on any atom is 0.310 e. The lowest BCUT2D eigenvalue weighted by molar-refractivity contribution is -0.250. The van der Waals surface area contributed by atoms with Gasteiger partial charge in [0.1, 0.15) is 0 Å². The SMILES string of the molecule is C=C(C)[C@@H]1CC[C@]2(COC(=O)C3C(C=C(C)C)C3(C)C)CC[C@]3(C)[C@H](CC[C@@H]4[C@@]5(C)CC[C@H](O)C(C)(C)[C@@H]5CC[C@]43C)[C@@H]12. The molecule has 43 heavy (non-hydrogen) atoms. The average Bonchev–Trinajstić information content (AvgIpc) is 3.24. The maximum absolute atomic E-state index is 13.6. The third-order valence-electron chi connectivity index (χ3n) is 16.4. The molecular formula is C40H64O3. The van der Waals surface area contributed by atoms with Crippen molar-refractivity contribution in [2.24, 2.45) is 73.9 Å². The number of ether oxygens (including phenoxy) is 1. The summed E-state index contributed by atoms with van der Waals surface area (Å²) in [7, 11) is 0. The second kappa shape index (κ2) is 9.95. The molecule has 0 spiro atoms. The van der Waals surface area contributed by atoms with Crippen LogP contribution in [0.2, 0.25) is 0 Å². The van der Waals surface area contributed by atoms with Crippen molar-refractivity contribution in [1.82, 2.24) is 0 Å². The van der Waals surface area contributed by atoms with E-state index in [9.17, 15) is 9.90 Å². The van der Waals surface area contributed by atoms with Gasteiger partial charge in [-0.25, -0.2) is 0 Å². The van der Waals surface area contributed by atoms with E-state index in [1.165, 1.54) is 68.9 Å². The Morgan fingerprint density at radius 2 is 1.51 bits per heavy atom. The molecule has 6 fully saturated rings. The summed E-state index contributed by atoms with van der Waals surface area (Å²) in [6.07, 6.45) is 14.2. The van der Waals surface area contributed by atoms with E-state index in [2.05, 4.69) is 81.9 Å². The van der Waals surface area contributed by atoms with Crippen LogP contribution in [-0.4, -0.2) is 23.8 Å². The lowest BCUT2D eigenvalue weighted by atomic mass is 9.32. The van der Waals surface area contributed by atoms with Crippen molar-refractivity contribution in [2.45, 2.75) is 140 Å². The average molecular weight is 593 g/mol. The first-order valence-electron chi connectivity index (χ1n) is 18.0. The first-order chi connectivity index (χ1) is 19.9. The van der Waals surface area contributed by atoms with Crippen molar-refractivity contribution in [1.29, 1.82) is 0 Å². The number of hydrogen-bond acceptors (Lipinski definition) is 3. The number of carbonyl (C=O) groups excluding carboxylic acids is 1. The van der Waals surface area contributed by atoms with Gasteiger partial charge < -0.3 is 9.84 Å². The van der Waals surface area contributed by atoms with Gasteiger partial charge in [0.05, 0.1) is 18.6 Å². The van der Waals surface area contributed by atoms with Crippen LogP contribution in [0, 0.1) is 73.9 Å². The Hall–Kier alpha value is -1.09. The molecule has 0 heterocycles. The number of carbonyl (C=O) groups is 1. The molecule has 6 aliphatic carbocycles. The zero-order chi connectivity index (χ0) is 31.5. The first-order valence-corrected chi connectivity index (χ1v) is 18.0. The molecule has 3 nitrogen and oxygen atoms in total. The number of aliphatic hydroxyl groups excluding tert-OH is 1. The van der Waals surface area contributed by atoms with E-state index in [4.69, 9.17) is 4.74 Å². The lowest BCUT2D eigenvalue weighted by Crippen LogP contribution is -2.66. The quantitative estimate of drug-likeness (QED) is 0.255. The minimum Gasteiger partial charge on any atom is -0.465 e. The van der Waals surface area contributed by atoms with Crippen LogP contribution in [0.4, 0.5) is 0 Å². The van der Waals surface area contributed by atoms with Gasteiger partial charge in [-0.15, -0.1) is 0 Å². The van der Waals surface area contributed by atoms with Crippen molar-refractivity contribution in [2.75, 3.05) is 6.61 Å². The smallest absolute Gasteiger partial charge is 0.310 e. The molecular weight excluding hydrogens is 528 g/mol. The largest absolute Gasteiger partial charge is 0.465 e. The van der Waals surface area contributed by atoms with Crippen LogP contribution in [0.25, 0.3) is 0 Å². The summed E-state index contributed by atoms with van der Waals surface area (Å²) in [6.45, 7) is 28.9. The number of aliphatic hydroxyl groups is 1. The topological polar surface area (TPSA) is 46.5 Å². The summed E-state index contributed by atoms with van der Waals surface area (Å²) in [5.41, 5.74) is 3.62.